The molecule has 0 aliphatic carbocycles. The minimum atomic E-state index is 0.389. The summed E-state index contributed by atoms with van der Waals surface area (Å²) in [7, 11) is 0. The Morgan fingerprint density at radius 1 is 1.35 bits per heavy atom. The Labute approximate surface area is 109 Å². The van der Waals surface area contributed by atoms with Gasteiger partial charge in [0.1, 0.15) is 0 Å². The predicted molar refractivity (Wildman–Crippen MR) is 67.8 cm³/mol. The second kappa shape index (κ2) is 5.71. The van der Waals surface area contributed by atoms with Crippen LogP contribution in [0.5, 0.6) is 11.5 Å². The molecular weight excluding hydrogens is 286 g/mol. The first-order valence-electron chi connectivity index (χ1n) is 5.74. The van der Waals surface area contributed by atoms with Gasteiger partial charge in [-0.15, -0.1) is 0 Å². The second-order valence-corrected chi connectivity index (χ2v) is 4.74. The lowest BCUT2D eigenvalue weighted by molar-refractivity contribution is 0.160. The average Bonchev–Trinajstić information content (AvgIpc) is 2.55. The SMILES string of the molecule is CCc1c(CNO)c(Br)cc2c1OCCCO2. The lowest BCUT2D eigenvalue weighted by Gasteiger charge is -2.17. The van der Waals surface area contributed by atoms with Gasteiger partial charge < -0.3 is 14.7 Å². The maximum Gasteiger partial charge on any atom is 0.164 e. The first-order valence-corrected chi connectivity index (χ1v) is 6.54. The molecule has 0 saturated carbocycles. The van der Waals surface area contributed by atoms with Crippen molar-refractivity contribution in [1.82, 2.24) is 5.48 Å². The number of ether oxygens (including phenoxy) is 2. The van der Waals surface area contributed by atoms with Crippen LogP contribution < -0.4 is 15.0 Å². The van der Waals surface area contributed by atoms with Gasteiger partial charge in [-0.05, 0) is 18.1 Å². The maximum atomic E-state index is 8.88. The van der Waals surface area contributed by atoms with Crippen molar-refractivity contribution in [3.63, 3.8) is 0 Å². The average molecular weight is 302 g/mol. The van der Waals surface area contributed by atoms with Crippen LogP contribution in [0.4, 0.5) is 0 Å². The van der Waals surface area contributed by atoms with Crippen molar-refractivity contribution in [2.75, 3.05) is 13.2 Å². The van der Waals surface area contributed by atoms with E-state index in [1.165, 1.54) is 0 Å². The monoisotopic (exact) mass is 301 g/mol. The highest BCUT2D eigenvalue weighted by Gasteiger charge is 2.19. The van der Waals surface area contributed by atoms with Gasteiger partial charge >= 0.3 is 0 Å². The van der Waals surface area contributed by atoms with Gasteiger partial charge in [0.25, 0.3) is 0 Å². The van der Waals surface area contributed by atoms with E-state index >= 15 is 0 Å². The topological polar surface area (TPSA) is 50.7 Å². The van der Waals surface area contributed by atoms with E-state index in [-0.39, 0.29) is 0 Å². The normalized spacial score (nSPS) is 14.5. The highest BCUT2D eigenvalue weighted by Crippen LogP contribution is 2.40. The number of rotatable bonds is 3. The molecule has 1 aromatic rings. The number of fused-ring (bicyclic) bond motifs is 1. The summed E-state index contributed by atoms with van der Waals surface area (Å²) in [6, 6.07) is 1.91. The molecule has 2 rings (SSSR count). The summed E-state index contributed by atoms with van der Waals surface area (Å²) in [5, 5.41) is 8.88. The van der Waals surface area contributed by atoms with Crippen LogP contribution >= 0.6 is 15.9 Å². The molecule has 0 atom stereocenters. The number of hydroxylamine groups is 1. The van der Waals surface area contributed by atoms with Crippen LogP contribution in [0.1, 0.15) is 24.5 Å². The van der Waals surface area contributed by atoms with Gasteiger partial charge in [0, 0.05) is 23.0 Å². The summed E-state index contributed by atoms with van der Waals surface area (Å²) in [5.74, 6) is 1.60. The third kappa shape index (κ3) is 2.56. The Morgan fingerprint density at radius 3 is 2.82 bits per heavy atom. The largest absolute Gasteiger partial charge is 0.490 e. The van der Waals surface area contributed by atoms with E-state index < -0.39 is 0 Å². The third-order valence-corrected chi connectivity index (χ3v) is 3.52. The summed E-state index contributed by atoms with van der Waals surface area (Å²) in [5.41, 5.74) is 4.29. The van der Waals surface area contributed by atoms with Crippen molar-refractivity contribution in [3.05, 3.63) is 21.7 Å². The molecule has 0 radical (unpaired) electrons. The zero-order chi connectivity index (χ0) is 12.3. The molecule has 94 valence electrons. The fraction of sp³-hybridized carbons (Fsp3) is 0.500. The van der Waals surface area contributed by atoms with Crippen LogP contribution in [-0.4, -0.2) is 18.4 Å². The van der Waals surface area contributed by atoms with Gasteiger partial charge in [-0.1, -0.05) is 22.9 Å². The number of hydrogen-bond acceptors (Lipinski definition) is 4. The predicted octanol–water partition coefficient (Wildman–Crippen LogP) is 2.65. The third-order valence-electron chi connectivity index (χ3n) is 2.81. The fourth-order valence-corrected chi connectivity index (χ4v) is 2.61. The Hall–Kier alpha value is -0.780. The highest BCUT2D eigenvalue weighted by atomic mass is 79.9. The summed E-state index contributed by atoms with van der Waals surface area (Å²) < 4.78 is 12.4. The standard InChI is InChI=1S/C12H16BrNO3/c1-2-8-9(7-14-15)10(13)6-11-12(8)17-5-3-4-16-11/h6,14-15H,2-5,7H2,1H3. The van der Waals surface area contributed by atoms with Gasteiger partial charge in [-0.2, -0.15) is 0 Å². The Kier molecular flexibility index (Phi) is 4.25. The molecule has 0 saturated heterocycles. The molecule has 0 aromatic heterocycles. The van der Waals surface area contributed by atoms with Crippen LogP contribution in [0.25, 0.3) is 0 Å². The van der Waals surface area contributed by atoms with Gasteiger partial charge in [0.15, 0.2) is 11.5 Å². The molecule has 1 aliphatic rings. The molecule has 0 spiro atoms. The highest BCUT2D eigenvalue weighted by molar-refractivity contribution is 9.10. The van der Waals surface area contributed by atoms with Gasteiger partial charge in [0.2, 0.25) is 0 Å². The van der Waals surface area contributed by atoms with E-state index in [1.54, 1.807) is 0 Å². The minimum Gasteiger partial charge on any atom is -0.490 e. The van der Waals surface area contributed by atoms with E-state index in [1.807, 2.05) is 6.07 Å². The second-order valence-electron chi connectivity index (χ2n) is 3.88. The lowest BCUT2D eigenvalue weighted by atomic mass is 10.0. The molecule has 4 nitrogen and oxygen atoms in total. The molecule has 0 unspecified atom stereocenters. The minimum absolute atomic E-state index is 0.389. The molecule has 0 amide bonds. The van der Waals surface area contributed by atoms with Gasteiger partial charge in [-0.25, -0.2) is 5.48 Å². The summed E-state index contributed by atoms with van der Waals surface area (Å²) in [6.07, 6.45) is 1.73. The zero-order valence-corrected chi connectivity index (χ0v) is 11.3. The number of nitrogens with one attached hydrogen (secondary N) is 1. The van der Waals surface area contributed by atoms with Crippen LogP contribution in [0.15, 0.2) is 10.5 Å². The quantitative estimate of drug-likeness (QED) is 0.843. The molecule has 5 heteroatoms. The Bertz CT molecular complexity index is 409. The zero-order valence-electron chi connectivity index (χ0n) is 9.75. The number of halogens is 1. The van der Waals surface area contributed by atoms with Gasteiger partial charge in [0.05, 0.1) is 13.2 Å². The molecule has 1 aromatic carbocycles. The molecule has 2 N–H and O–H groups in total. The number of benzene rings is 1. The Balaban J connectivity index is 2.51. The van der Waals surface area contributed by atoms with Crippen molar-refractivity contribution in [3.8, 4) is 11.5 Å². The van der Waals surface area contributed by atoms with Gasteiger partial charge in [-0.3, -0.25) is 0 Å². The smallest absolute Gasteiger partial charge is 0.164 e. The van der Waals surface area contributed by atoms with Crippen LogP contribution in [0.3, 0.4) is 0 Å². The Morgan fingerprint density at radius 2 is 2.12 bits per heavy atom. The van der Waals surface area contributed by atoms with E-state index in [0.29, 0.717) is 19.8 Å². The van der Waals surface area contributed by atoms with Crippen molar-refractivity contribution < 1.29 is 14.7 Å². The molecule has 1 aliphatic heterocycles. The molecule has 17 heavy (non-hydrogen) atoms. The van der Waals surface area contributed by atoms with E-state index in [0.717, 1.165) is 39.9 Å². The van der Waals surface area contributed by atoms with Crippen LogP contribution in [0.2, 0.25) is 0 Å². The van der Waals surface area contributed by atoms with Crippen molar-refractivity contribution in [2.24, 2.45) is 0 Å². The summed E-state index contributed by atoms with van der Waals surface area (Å²) >= 11 is 3.51. The maximum absolute atomic E-state index is 8.88. The fourth-order valence-electron chi connectivity index (χ4n) is 2.02. The first kappa shape index (κ1) is 12.7. The first-order chi connectivity index (χ1) is 8.27. The van der Waals surface area contributed by atoms with Crippen molar-refractivity contribution in [2.45, 2.75) is 26.3 Å². The lowest BCUT2D eigenvalue weighted by Crippen LogP contribution is -2.11. The molecule has 1 heterocycles. The molecule has 0 fully saturated rings. The summed E-state index contributed by atoms with van der Waals surface area (Å²) in [6.45, 7) is 3.81. The van der Waals surface area contributed by atoms with E-state index in [2.05, 4.69) is 28.3 Å². The summed E-state index contributed by atoms with van der Waals surface area (Å²) in [4.78, 5) is 0. The van der Waals surface area contributed by atoms with Crippen LogP contribution in [0, 0.1) is 0 Å². The number of hydrogen-bond donors (Lipinski definition) is 2. The van der Waals surface area contributed by atoms with E-state index in [4.69, 9.17) is 14.7 Å². The molecule has 0 bridgehead atoms. The van der Waals surface area contributed by atoms with Crippen molar-refractivity contribution in [1.29, 1.82) is 0 Å². The van der Waals surface area contributed by atoms with E-state index in [9.17, 15) is 0 Å². The van der Waals surface area contributed by atoms with Crippen LogP contribution in [-0.2, 0) is 13.0 Å². The van der Waals surface area contributed by atoms with Crippen molar-refractivity contribution >= 4 is 15.9 Å². The molecular formula is C12H16BrNO3.